The Labute approximate surface area is 145 Å². The second kappa shape index (κ2) is 7.18. The van der Waals surface area contributed by atoms with Crippen LogP contribution in [0.3, 0.4) is 0 Å². The quantitative estimate of drug-likeness (QED) is 0.498. The van der Waals surface area contributed by atoms with Crippen molar-refractivity contribution in [3.05, 3.63) is 12.7 Å². The Bertz CT molecular complexity index is 722. The number of nitrogens with zero attached hydrogens (tertiary/aromatic N) is 5. The zero-order valence-corrected chi connectivity index (χ0v) is 14.4. The van der Waals surface area contributed by atoms with Gasteiger partial charge in [-0.05, 0) is 26.9 Å². The van der Waals surface area contributed by atoms with Gasteiger partial charge in [-0.25, -0.2) is 15.0 Å². The van der Waals surface area contributed by atoms with Crippen LogP contribution in [0.2, 0.25) is 0 Å². The van der Waals surface area contributed by atoms with Crippen LogP contribution in [-0.4, -0.2) is 79.1 Å². The van der Waals surface area contributed by atoms with Crippen LogP contribution in [0, 0.1) is 0 Å². The van der Waals surface area contributed by atoms with Gasteiger partial charge in [0.25, 0.3) is 0 Å². The predicted octanol–water partition coefficient (Wildman–Crippen LogP) is -1.30. The summed E-state index contributed by atoms with van der Waals surface area (Å²) in [5, 5.41) is 20.8. The van der Waals surface area contributed by atoms with E-state index in [0.717, 1.165) is 13.0 Å². The molecule has 25 heavy (non-hydrogen) atoms. The normalized spacial score (nSPS) is 28.1. The smallest absolute Gasteiger partial charge is 0.167 e. The molecule has 0 bridgehead atoms. The number of hydrogen-bond acceptors (Lipinski definition) is 9. The lowest BCUT2D eigenvalue weighted by molar-refractivity contribution is -0.0422. The molecule has 0 saturated carbocycles. The fourth-order valence-electron chi connectivity index (χ4n) is 2.99. The minimum atomic E-state index is -1.10. The number of likely N-dealkylation sites (N-methyl/N-ethyl adjacent to an activating group) is 1. The number of anilines is 1. The molecule has 3 rings (SSSR count). The number of imidazole rings is 1. The summed E-state index contributed by atoms with van der Waals surface area (Å²) >= 11 is 0. The Kier molecular flexibility index (Phi) is 5.16. The summed E-state index contributed by atoms with van der Waals surface area (Å²) in [7, 11) is 1.93. The average molecular weight is 351 g/mol. The van der Waals surface area contributed by atoms with Crippen molar-refractivity contribution in [3.8, 4) is 0 Å². The maximum Gasteiger partial charge on any atom is 0.167 e. The first-order chi connectivity index (χ1) is 11.9. The fraction of sp³-hybridized carbons (Fsp3) is 0.667. The summed E-state index contributed by atoms with van der Waals surface area (Å²) in [5.41, 5.74) is 12.4. The van der Waals surface area contributed by atoms with Gasteiger partial charge in [-0.3, -0.25) is 4.57 Å². The first kappa shape index (κ1) is 18.0. The second-order valence-corrected chi connectivity index (χ2v) is 6.66. The van der Waals surface area contributed by atoms with Crippen LogP contribution in [0.1, 0.15) is 19.6 Å². The Morgan fingerprint density at radius 1 is 1.32 bits per heavy atom. The van der Waals surface area contributed by atoms with Gasteiger partial charge in [-0.2, -0.15) is 0 Å². The molecule has 2 aromatic heterocycles. The van der Waals surface area contributed by atoms with E-state index >= 15 is 0 Å². The molecule has 1 unspecified atom stereocenters. The molecule has 3 heterocycles. The highest BCUT2D eigenvalue weighted by Crippen LogP contribution is 2.32. The van der Waals surface area contributed by atoms with Crippen molar-refractivity contribution < 1.29 is 14.9 Å². The molecule has 138 valence electrons. The lowest BCUT2D eigenvalue weighted by Gasteiger charge is -2.23. The van der Waals surface area contributed by atoms with E-state index in [1.807, 2.05) is 18.9 Å². The van der Waals surface area contributed by atoms with Gasteiger partial charge in [-0.1, -0.05) is 0 Å². The van der Waals surface area contributed by atoms with Crippen molar-refractivity contribution in [2.24, 2.45) is 5.73 Å². The summed E-state index contributed by atoms with van der Waals surface area (Å²) in [6.45, 7) is 3.21. The molecule has 6 N–H and O–H groups in total. The molecular weight excluding hydrogens is 326 g/mol. The SMILES string of the molecule is CC(N)CCN(C)C[C@H]1O[C@@H](n2cnc3c(N)ncnc32)[C@H](O)[C@@H]1O. The average Bonchev–Trinajstić information content (AvgIpc) is 3.10. The van der Waals surface area contributed by atoms with Crippen LogP contribution in [-0.2, 0) is 4.74 Å². The number of aliphatic hydroxyl groups excluding tert-OH is 2. The van der Waals surface area contributed by atoms with Crippen LogP contribution in [0.4, 0.5) is 5.82 Å². The van der Waals surface area contributed by atoms with Crippen molar-refractivity contribution in [2.75, 3.05) is 25.9 Å². The van der Waals surface area contributed by atoms with Gasteiger partial charge < -0.3 is 31.3 Å². The molecule has 1 aliphatic rings. The third-order valence-electron chi connectivity index (χ3n) is 4.46. The number of nitrogen functional groups attached to an aromatic ring is 1. The molecule has 1 fully saturated rings. The zero-order valence-electron chi connectivity index (χ0n) is 14.4. The minimum Gasteiger partial charge on any atom is -0.387 e. The molecule has 0 amide bonds. The van der Waals surface area contributed by atoms with E-state index in [9.17, 15) is 10.2 Å². The van der Waals surface area contributed by atoms with Gasteiger partial charge in [-0.15, -0.1) is 0 Å². The van der Waals surface area contributed by atoms with Crippen molar-refractivity contribution in [3.63, 3.8) is 0 Å². The van der Waals surface area contributed by atoms with Crippen molar-refractivity contribution >= 4 is 17.0 Å². The first-order valence-corrected chi connectivity index (χ1v) is 8.27. The number of nitrogens with two attached hydrogens (primary N) is 2. The summed E-state index contributed by atoms with van der Waals surface area (Å²) in [6.07, 6.45) is 0.217. The molecule has 0 aromatic carbocycles. The first-order valence-electron chi connectivity index (χ1n) is 8.27. The predicted molar refractivity (Wildman–Crippen MR) is 91.4 cm³/mol. The fourth-order valence-corrected chi connectivity index (χ4v) is 2.99. The summed E-state index contributed by atoms with van der Waals surface area (Å²) < 4.78 is 7.48. The number of ether oxygens (including phenoxy) is 1. The summed E-state index contributed by atoms with van der Waals surface area (Å²) in [4.78, 5) is 14.2. The van der Waals surface area contributed by atoms with Gasteiger partial charge in [0.1, 0.15) is 30.2 Å². The lowest BCUT2D eigenvalue weighted by Crippen LogP contribution is -2.39. The van der Waals surface area contributed by atoms with Crippen LogP contribution in [0.5, 0.6) is 0 Å². The second-order valence-electron chi connectivity index (χ2n) is 6.66. The van der Waals surface area contributed by atoms with Gasteiger partial charge >= 0.3 is 0 Å². The van der Waals surface area contributed by atoms with Crippen LogP contribution >= 0.6 is 0 Å². The van der Waals surface area contributed by atoms with Crippen molar-refractivity contribution in [2.45, 2.75) is 43.9 Å². The van der Waals surface area contributed by atoms with E-state index in [2.05, 4.69) is 15.0 Å². The molecule has 5 atom stereocenters. The highest BCUT2D eigenvalue weighted by atomic mass is 16.6. The van der Waals surface area contributed by atoms with Crippen LogP contribution < -0.4 is 11.5 Å². The third-order valence-corrected chi connectivity index (χ3v) is 4.46. The maximum atomic E-state index is 10.4. The van der Waals surface area contributed by atoms with Gasteiger partial charge in [0.2, 0.25) is 0 Å². The van der Waals surface area contributed by atoms with E-state index in [-0.39, 0.29) is 11.9 Å². The van der Waals surface area contributed by atoms with Crippen molar-refractivity contribution in [1.29, 1.82) is 0 Å². The van der Waals surface area contributed by atoms with E-state index < -0.39 is 24.5 Å². The Hall–Kier alpha value is -1.85. The Morgan fingerprint density at radius 3 is 2.80 bits per heavy atom. The van der Waals surface area contributed by atoms with E-state index in [1.54, 1.807) is 4.57 Å². The standard InChI is InChI=1S/C15H25N7O3/c1-8(16)3-4-21(2)5-9-11(23)12(24)15(25-9)22-7-20-10-13(17)18-6-19-14(10)22/h6-9,11-12,15,23-24H,3-5,16H2,1-2H3,(H2,17,18,19)/t8?,9-,11-,12-,15-/m1/s1. The zero-order chi connectivity index (χ0) is 18.1. The number of aliphatic hydroxyl groups is 2. The number of hydrogen-bond donors (Lipinski definition) is 4. The number of fused-ring (bicyclic) bond motifs is 1. The number of rotatable bonds is 6. The summed E-state index contributed by atoms with van der Waals surface area (Å²) in [6, 6.07) is 0.109. The van der Waals surface area contributed by atoms with E-state index in [1.165, 1.54) is 12.7 Å². The molecule has 1 saturated heterocycles. The minimum absolute atomic E-state index is 0.109. The van der Waals surface area contributed by atoms with Gasteiger partial charge in [0, 0.05) is 12.6 Å². The van der Waals surface area contributed by atoms with Crippen molar-refractivity contribution in [1.82, 2.24) is 24.4 Å². The van der Waals surface area contributed by atoms with Crippen LogP contribution in [0.15, 0.2) is 12.7 Å². The van der Waals surface area contributed by atoms with Gasteiger partial charge in [0.15, 0.2) is 17.7 Å². The Morgan fingerprint density at radius 2 is 2.08 bits per heavy atom. The third kappa shape index (κ3) is 3.58. The van der Waals surface area contributed by atoms with Gasteiger partial charge in [0.05, 0.1) is 6.33 Å². The van der Waals surface area contributed by atoms with E-state index in [4.69, 9.17) is 16.2 Å². The molecule has 0 radical (unpaired) electrons. The number of aromatic nitrogens is 4. The maximum absolute atomic E-state index is 10.4. The van der Waals surface area contributed by atoms with Crippen LogP contribution in [0.25, 0.3) is 11.2 Å². The van der Waals surface area contributed by atoms with E-state index in [0.29, 0.717) is 17.7 Å². The highest BCUT2D eigenvalue weighted by Gasteiger charge is 2.44. The molecule has 1 aliphatic heterocycles. The highest BCUT2D eigenvalue weighted by molar-refractivity contribution is 5.81. The Balaban J connectivity index is 1.74. The largest absolute Gasteiger partial charge is 0.387 e. The molecule has 10 heteroatoms. The molecular formula is C15H25N7O3. The lowest BCUT2D eigenvalue weighted by atomic mass is 10.1. The molecule has 2 aromatic rings. The topological polar surface area (TPSA) is 149 Å². The molecule has 10 nitrogen and oxygen atoms in total. The molecule has 0 aliphatic carbocycles. The summed E-state index contributed by atoms with van der Waals surface area (Å²) in [5.74, 6) is 0.254. The molecule has 0 spiro atoms. The monoisotopic (exact) mass is 351 g/mol.